The highest BCUT2D eigenvalue weighted by Crippen LogP contribution is 2.21. The van der Waals surface area contributed by atoms with Gasteiger partial charge in [0.05, 0.1) is 19.3 Å². The Hall–Kier alpha value is -2.73. The molecule has 0 N–H and O–H groups in total. The van der Waals surface area contributed by atoms with Crippen LogP contribution in [0.2, 0.25) is 0 Å². The summed E-state index contributed by atoms with van der Waals surface area (Å²) in [6, 6.07) is 14.6. The Balaban J connectivity index is 1.25. The lowest BCUT2D eigenvalue weighted by atomic mass is 10.1. The first-order valence-electron chi connectivity index (χ1n) is 8.48. The average Bonchev–Trinajstić information content (AvgIpc) is 3.12. The molecule has 6 nitrogen and oxygen atoms in total. The maximum atomic E-state index is 12.1. The molecule has 1 aromatic heterocycles. The fraction of sp³-hybridized carbons (Fsp3) is 0.316. The molecule has 4 rings (SSSR count). The van der Waals surface area contributed by atoms with Crippen molar-refractivity contribution >= 4 is 16.7 Å². The predicted molar refractivity (Wildman–Crippen MR) is 93.7 cm³/mol. The Morgan fingerprint density at radius 2 is 2.00 bits per heavy atom. The molecule has 0 saturated carbocycles. The predicted octanol–water partition coefficient (Wildman–Crippen LogP) is 2.25. The van der Waals surface area contributed by atoms with Crippen molar-refractivity contribution in [1.29, 1.82) is 0 Å². The standard InChI is InChI=1S/C19H20N4O2/c24-19(8-9-23-14-20-13-21-23)22-10-17(11-22)25-12-16-6-3-5-15-4-1-2-7-18(15)16/h1-7,13-14,17H,8-12H2. The molecule has 2 heterocycles. The minimum Gasteiger partial charge on any atom is -0.370 e. The first-order chi connectivity index (χ1) is 12.3. The van der Waals surface area contributed by atoms with Gasteiger partial charge < -0.3 is 9.64 Å². The van der Waals surface area contributed by atoms with E-state index in [0.717, 1.165) is 0 Å². The lowest BCUT2D eigenvalue weighted by Crippen LogP contribution is -2.54. The Morgan fingerprint density at radius 1 is 1.16 bits per heavy atom. The van der Waals surface area contributed by atoms with Gasteiger partial charge in [0, 0.05) is 19.5 Å². The summed E-state index contributed by atoms with van der Waals surface area (Å²) in [7, 11) is 0. The summed E-state index contributed by atoms with van der Waals surface area (Å²) < 4.78 is 7.65. The second kappa shape index (κ2) is 7.03. The number of ether oxygens (including phenoxy) is 1. The van der Waals surface area contributed by atoms with Crippen LogP contribution in [-0.4, -0.2) is 44.8 Å². The highest BCUT2D eigenvalue weighted by atomic mass is 16.5. The third kappa shape index (κ3) is 3.53. The Morgan fingerprint density at radius 3 is 2.84 bits per heavy atom. The van der Waals surface area contributed by atoms with Gasteiger partial charge in [-0.1, -0.05) is 42.5 Å². The van der Waals surface area contributed by atoms with Crippen molar-refractivity contribution in [1.82, 2.24) is 19.7 Å². The van der Waals surface area contributed by atoms with Gasteiger partial charge in [-0.25, -0.2) is 4.98 Å². The van der Waals surface area contributed by atoms with E-state index in [1.165, 1.54) is 22.7 Å². The van der Waals surface area contributed by atoms with E-state index < -0.39 is 0 Å². The zero-order valence-electron chi connectivity index (χ0n) is 13.9. The smallest absolute Gasteiger partial charge is 0.224 e. The number of hydrogen-bond donors (Lipinski definition) is 0. The normalized spacial score (nSPS) is 14.6. The molecule has 0 radical (unpaired) electrons. The molecule has 3 aromatic rings. The number of carbonyl (C=O) groups excluding carboxylic acids is 1. The topological polar surface area (TPSA) is 60.2 Å². The van der Waals surface area contributed by atoms with Crippen LogP contribution in [0.15, 0.2) is 55.1 Å². The van der Waals surface area contributed by atoms with E-state index in [0.29, 0.717) is 32.7 Å². The van der Waals surface area contributed by atoms with Gasteiger partial charge in [-0.05, 0) is 16.3 Å². The van der Waals surface area contributed by atoms with Crippen LogP contribution >= 0.6 is 0 Å². The van der Waals surface area contributed by atoms with Gasteiger partial charge in [0.15, 0.2) is 0 Å². The van der Waals surface area contributed by atoms with Gasteiger partial charge in [0.1, 0.15) is 12.7 Å². The number of aromatic nitrogens is 3. The van der Waals surface area contributed by atoms with Crippen molar-refractivity contribution in [3.05, 3.63) is 60.7 Å². The summed E-state index contributed by atoms with van der Waals surface area (Å²) in [6.07, 6.45) is 3.67. The van der Waals surface area contributed by atoms with Crippen molar-refractivity contribution in [2.75, 3.05) is 13.1 Å². The second-order valence-electron chi connectivity index (χ2n) is 6.28. The molecule has 128 valence electrons. The first kappa shape index (κ1) is 15.8. The minimum atomic E-state index is 0.120. The molecule has 1 aliphatic heterocycles. The summed E-state index contributed by atoms with van der Waals surface area (Å²) in [5, 5.41) is 6.46. The van der Waals surface area contributed by atoms with Crippen LogP contribution in [0.25, 0.3) is 10.8 Å². The zero-order chi connectivity index (χ0) is 17.1. The number of rotatable bonds is 6. The quantitative estimate of drug-likeness (QED) is 0.693. The number of benzene rings is 2. The zero-order valence-corrected chi connectivity index (χ0v) is 13.9. The highest BCUT2D eigenvalue weighted by molar-refractivity contribution is 5.85. The van der Waals surface area contributed by atoms with E-state index in [1.807, 2.05) is 17.0 Å². The number of carbonyl (C=O) groups is 1. The maximum Gasteiger partial charge on any atom is 0.224 e. The summed E-state index contributed by atoms with van der Waals surface area (Å²) in [5.41, 5.74) is 1.19. The fourth-order valence-corrected chi connectivity index (χ4v) is 3.09. The number of nitrogens with zero attached hydrogens (tertiary/aromatic N) is 4. The van der Waals surface area contributed by atoms with Gasteiger partial charge in [-0.2, -0.15) is 5.10 Å². The molecule has 6 heteroatoms. The van der Waals surface area contributed by atoms with E-state index in [2.05, 4.69) is 40.4 Å². The number of aryl methyl sites for hydroxylation is 1. The van der Waals surface area contributed by atoms with Crippen LogP contribution in [-0.2, 0) is 22.7 Å². The number of fused-ring (bicyclic) bond motifs is 1. The summed E-state index contributed by atoms with van der Waals surface area (Å²) in [5.74, 6) is 0.139. The molecule has 0 aliphatic carbocycles. The molecule has 1 fully saturated rings. The van der Waals surface area contributed by atoms with E-state index in [9.17, 15) is 4.79 Å². The number of likely N-dealkylation sites (tertiary alicyclic amines) is 1. The van der Waals surface area contributed by atoms with Gasteiger partial charge in [0.2, 0.25) is 5.91 Å². The van der Waals surface area contributed by atoms with Crippen LogP contribution in [0, 0.1) is 0 Å². The molecular weight excluding hydrogens is 316 g/mol. The van der Waals surface area contributed by atoms with E-state index >= 15 is 0 Å². The molecular formula is C19H20N4O2. The third-order valence-corrected chi connectivity index (χ3v) is 4.58. The highest BCUT2D eigenvalue weighted by Gasteiger charge is 2.30. The van der Waals surface area contributed by atoms with Crippen molar-refractivity contribution in [3.8, 4) is 0 Å². The van der Waals surface area contributed by atoms with Crippen molar-refractivity contribution in [3.63, 3.8) is 0 Å². The van der Waals surface area contributed by atoms with Crippen LogP contribution < -0.4 is 0 Å². The van der Waals surface area contributed by atoms with Crippen LogP contribution in [0.4, 0.5) is 0 Å². The molecule has 0 bridgehead atoms. The lowest BCUT2D eigenvalue weighted by molar-refractivity contribution is -0.146. The second-order valence-corrected chi connectivity index (χ2v) is 6.28. The lowest BCUT2D eigenvalue weighted by Gasteiger charge is -2.39. The molecule has 0 atom stereocenters. The van der Waals surface area contributed by atoms with Crippen LogP contribution in [0.5, 0.6) is 0 Å². The molecule has 0 spiro atoms. The third-order valence-electron chi connectivity index (χ3n) is 4.58. The fourth-order valence-electron chi connectivity index (χ4n) is 3.09. The number of hydrogen-bond acceptors (Lipinski definition) is 4. The SMILES string of the molecule is O=C(CCn1cncn1)N1CC(OCc2cccc3ccccc23)C1. The minimum absolute atomic E-state index is 0.120. The van der Waals surface area contributed by atoms with Crippen LogP contribution in [0.1, 0.15) is 12.0 Å². The monoisotopic (exact) mass is 336 g/mol. The molecule has 1 saturated heterocycles. The van der Waals surface area contributed by atoms with Crippen molar-refractivity contribution in [2.45, 2.75) is 25.7 Å². The first-order valence-corrected chi connectivity index (χ1v) is 8.48. The summed E-state index contributed by atoms with van der Waals surface area (Å²) >= 11 is 0. The largest absolute Gasteiger partial charge is 0.370 e. The molecule has 25 heavy (non-hydrogen) atoms. The van der Waals surface area contributed by atoms with Crippen molar-refractivity contribution in [2.24, 2.45) is 0 Å². The molecule has 0 unspecified atom stereocenters. The molecule has 1 aliphatic rings. The Kier molecular flexibility index (Phi) is 4.43. The van der Waals surface area contributed by atoms with Gasteiger partial charge in [-0.15, -0.1) is 0 Å². The summed E-state index contributed by atoms with van der Waals surface area (Å²) in [6.45, 7) is 2.48. The molecule has 1 amide bonds. The van der Waals surface area contributed by atoms with Crippen molar-refractivity contribution < 1.29 is 9.53 Å². The van der Waals surface area contributed by atoms with E-state index in [1.54, 1.807) is 11.0 Å². The summed E-state index contributed by atoms with van der Waals surface area (Å²) in [4.78, 5) is 17.8. The Bertz CT molecular complexity index is 852. The molecule has 2 aromatic carbocycles. The Labute approximate surface area is 146 Å². The van der Waals surface area contributed by atoms with Gasteiger partial charge in [0.25, 0.3) is 0 Å². The van der Waals surface area contributed by atoms with E-state index in [-0.39, 0.29) is 12.0 Å². The van der Waals surface area contributed by atoms with E-state index in [4.69, 9.17) is 4.74 Å². The van der Waals surface area contributed by atoms with Gasteiger partial charge in [-0.3, -0.25) is 9.48 Å². The van der Waals surface area contributed by atoms with Crippen LogP contribution in [0.3, 0.4) is 0 Å². The average molecular weight is 336 g/mol. The van der Waals surface area contributed by atoms with Gasteiger partial charge >= 0.3 is 0 Å². The maximum absolute atomic E-state index is 12.1. The number of amides is 1.